The lowest BCUT2D eigenvalue weighted by atomic mass is 10.1. The fourth-order valence-corrected chi connectivity index (χ4v) is 4.37. The third kappa shape index (κ3) is 5.57. The molecule has 0 spiro atoms. The second-order valence-corrected chi connectivity index (χ2v) is 9.10. The van der Waals surface area contributed by atoms with Gasteiger partial charge in [-0.25, -0.2) is 4.79 Å². The van der Waals surface area contributed by atoms with Gasteiger partial charge in [-0.1, -0.05) is 24.2 Å². The molecule has 2 heterocycles. The molecule has 0 amide bonds. The number of esters is 1. The number of carbonyl (C=O) groups excluding carboxylic acids is 1. The van der Waals surface area contributed by atoms with Crippen LogP contribution < -0.4 is 20.3 Å². The van der Waals surface area contributed by atoms with Crippen molar-refractivity contribution in [3.05, 3.63) is 114 Å². The highest BCUT2D eigenvalue weighted by atomic mass is 35.5. The molecule has 0 atom stereocenters. The second kappa shape index (κ2) is 10.7. The van der Waals surface area contributed by atoms with Crippen LogP contribution in [-0.2, 0) is 4.74 Å². The largest absolute Gasteiger partial charge is 0.487 e. The standard InChI is InChI=1S/C29H27ClN4O3/c1-20(31-22-10-8-21(30)9-11-22)32-23-12-14-24(15-13-23)37-25-18-34(19-25)27-7-5-6-26(29(35)36-2)28(27)33-16-3-4-17-33/h3-17,25,31-32H,1,18-19H2,2H3. The molecule has 4 aromatic rings. The van der Waals surface area contributed by atoms with Crippen LogP contribution in [0.25, 0.3) is 5.69 Å². The van der Waals surface area contributed by atoms with Gasteiger partial charge in [-0.3, -0.25) is 0 Å². The number of para-hydroxylation sites is 1. The number of benzene rings is 3. The molecule has 0 aliphatic carbocycles. The Morgan fingerprint density at radius 1 is 0.919 bits per heavy atom. The van der Waals surface area contributed by atoms with E-state index in [0.717, 1.165) is 28.5 Å². The van der Waals surface area contributed by atoms with E-state index in [4.69, 9.17) is 21.1 Å². The van der Waals surface area contributed by atoms with E-state index >= 15 is 0 Å². The quantitative estimate of drug-likeness (QED) is 0.260. The van der Waals surface area contributed by atoms with Crippen LogP contribution in [0.2, 0.25) is 5.02 Å². The van der Waals surface area contributed by atoms with E-state index < -0.39 is 0 Å². The molecule has 0 saturated carbocycles. The van der Waals surface area contributed by atoms with Gasteiger partial charge in [0, 0.05) is 28.8 Å². The number of rotatable bonds is 9. The van der Waals surface area contributed by atoms with Crippen molar-refractivity contribution in [3.8, 4) is 11.4 Å². The van der Waals surface area contributed by atoms with E-state index in [1.165, 1.54) is 7.11 Å². The third-order valence-corrected chi connectivity index (χ3v) is 6.32. The molecule has 2 N–H and O–H groups in total. The van der Waals surface area contributed by atoms with Gasteiger partial charge >= 0.3 is 5.97 Å². The first-order valence-corrected chi connectivity index (χ1v) is 12.2. The van der Waals surface area contributed by atoms with E-state index in [1.807, 2.05) is 89.8 Å². The number of methoxy groups -OCH3 is 1. The number of ether oxygens (including phenoxy) is 2. The summed E-state index contributed by atoms with van der Waals surface area (Å²) in [5, 5.41) is 7.12. The number of carbonyl (C=O) groups is 1. The number of aromatic nitrogens is 1. The lowest BCUT2D eigenvalue weighted by Gasteiger charge is -2.41. The highest BCUT2D eigenvalue weighted by molar-refractivity contribution is 6.30. The van der Waals surface area contributed by atoms with Crippen molar-refractivity contribution in [2.24, 2.45) is 0 Å². The lowest BCUT2D eigenvalue weighted by molar-refractivity contribution is 0.0600. The minimum absolute atomic E-state index is 0.0413. The molecule has 0 unspecified atom stereocenters. The van der Waals surface area contributed by atoms with Crippen LogP contribution in [0.15, 0.2) is 104 Å². The normalized spacial score (nSPS) is 13.0. The molecule has 188 valence electrons. The molecule has 1 aliphatic heterocycles. The number of hydrogen-bond acceptors (Lipinski definition) is 6. The summed E-state index contributed by atoms with van der Waals surface area (Å²) in [7, 11) is 1.40. The number of anilines is 3. The van der Waals surface area contributed by atoms with E-state index in [9.17, 15) is 4.79 Å². The zero-order chi connectivity index (χ0) is 25.8. The minimum Gasteiger partial charge on any atom is -0.487 e. The van der Waals surface area contributed by atoms with Crippen LogP contribution in [0, 0.1) is 0 Å². The van der Waals surface area contributed by atoms with E-state index in [2.05, 4.69) is 22.1 Å². The van der Waals surface area contributed by atoms with Crippen molar-refractivity contribution in [3.63, 3.8) is 0 Å². The van der Waals surface area contributed by atoms with Gasteiger partial charge in [-0.2, -0.15) is 0 Å². The molecular weight excluding hydrogens is 488 g/mol. The van der Waals surface area contributed by atoms with Crippen LogP contribution in [0.5, 0.6) is 5.75 Å². The molecule has 1 fully saturated rings. The minimum atomic E-state index is -0.362. The molecule has 0 bridgehead atoms. The van der Waals surface area contributed by atoms with Crippen LogP contribution in [-0.4, -0.2) is 36.8 Å². The first-order chi connectivity index (χ1) is 18.0. The fourth-order valence-electron chi connectivity index (χ4n) is 4.25. The Bertz CT molecular complexity index is 1380. The third-order valence-electron chi connectivity index (χ3n) is 6.06. The molecule has 8 heteroatoms. The zero-order valence-electron chi connectivity index (χ0n) is 20.4. The summed E-state index contributed by atoms with van der Waals surface area (Å²) >= 11 is 5.94. The summed E-state index contributed by atoms with van der Waals surface area (Å²) in [5.74, 6) is 1.08. The first-order valence-electron chi connectivity index (χ1n) is 11.8. The molecule has 1 aliphatic rings. The van der Waals surface area contributed by atoms with E-state index in [0.29, 0.717) is 29.5 Å². The van der Waals surface area contributed by atoms with Gasteiger partial charge < -0.3 is 29.6 Å². The van der Waals surface area contributed by atoms with Crippen molar-refractivity contribution in [2.45, 2.75) is 6.10 Å². The number of hydrogen-bond donors (Lipinski definition) is 2. The number of nitrogens with one attached hydrogen (secondary N) is 2. The Hall–Kier alpha value is -4.36. The molecular formula is C29H27ClN4O3. The van der Waals surface area contributed by atoms with Gasteiger partial charge in [0.1, 0.15) is 17.7 Å². The van der Waals surface area contributed by atoms with Crippen molar-refractivity contribution in [1.29, 1.82) is 0 Å². The van der Waals surface area contributed by atoms with Gasteiger partial charge in [0.15, 0.2) is 0 Å². The lowest BCUT2D eigenvalue weighted by Crippen LogP contribution is -2.54. The van der Waals surface area contributed by atoms with Crippen molar-refractivity contribution < 1.29 is 14.3 Å². The maximum atomic E-state index is 12.4. The first kappa shape index (κ1) is 24.3. The molecule has 0 radical (unpaired) electrons. The highest BCUT2D eigenvalue weighted by Gasteiger charge is 2.32. The van der Waals surface area contributed by atoms with E-state index in [1.54, 1.807) is 6.07 Å². The average molecular weight is 515 g/mol. The monoisotopic (exact) mass is 514 g/mol. The van der Waals surface area contributed by atoms with Gasteiger partial charge in [-0.05, 0) is 72.8 Å². The summed E-state index contributed by atoms with van der Waals surface area (Å²) in [6.45, 7) is 5.44. The van der Waals surface area contributed by atoms with Crippen molar-refractivity contribution in [2.75, 3.05) is 35.7 Å². The zero-order valence-corrected chi connectivity index (χ0v) is 21.1. The molecule has 7 nitrogen and oxygen atoms in total. The Kier molecular flexibility index (Phi) is 7.05. The Morgan fingerprint density at radius 2 is 1.54 bits per heavy atom. The smallest absolute Gasteiger partial charge is 0.340 e. The highest BCUT2D eigenvalue weighted by Crippen LogP contribution is 2.33. The molecule has 3 aromatic carbocycles. The maximum Gasteiger partial charge on any atom is 0.340 e. The number of halogens is 1. The summed E-state index contributed by atoms with van der Waals surface area (Å²) < 4.78 is 13.1. The van der Waals surface area contributed by atoms with Gasteiger partial charge in [-0.15, -0.1) is 0 Å². The summed E-state index contributed by atoms with van der Waals surface area (Å²) in [4.78, 5) is 14.6. The van der Waals surface area contributed by atoms with Crippen LogP contribution in [0.4, 0.5) is 17.1 Å². The van der Waals surface area contributed by atoms with Crippen LogP contribution in [0.3, 0.4) is 0 Å². The second-order valence-electron chi connectivity index (χ2n) is 8.66. The summed E-state index contributed by atoms with van der Waals surface area (Å²) in [6, 6.07) is 24.7. The maximum absolute atomic E-state index is 12.4. The van der Waals surface area contributed by atoms with Crippen LogP contribution in [0.1, 0.15) is 10.4 Å². The predicted octanol–water partition coefficient (Wildman–Crippen LogP) is 6.18. The van der Waals surface area contributed by atoms with Gasteiger partial charge in [0.05, 0.1) is 37.1 Å². The molecule has 5 rings (SSSR count). The molecule has 37 heavy (non-hydrogen) atoms. The molecule has 1 aromatic heterocycles. The Balaban J connectivity index is 1.19. The Labute approximate surface area is 220 Å². The van der Waals surface area contributed by atoms with Crippen LogP contribution >= 0.6 is 11.6 Å². The Morgan fingerprint density at radius 3 is 2.16 bits per heavy atom. The van der Waals surface area contributed by atoms with Gasteiger partial charge in [0.25, 0.3) is 0 Å². The summed E-state index contributed by atoms with van der Waals surface area (Å²) in [5.41, 5.74) is 4.08. The van der Waals surface area contributed by atoms with Crippen molar-refractivity contribution >= 4 is 34.6 Å². The fraction of sp³-hybridized carbons (Fsp3) is 0.138. The van der Waals surface area contributed by atoms with Crippen molar-refractivity contribution in [1.82, 2.24) is 4.57 Å². The summed E-state index contributed by atoms with van der Waals surface area (Å²) in [6.07, 6.45) is 3.89. The SMILES string of the molecule is C=C(Nc1ccc(Cl)cc1)Nc1ccc(OC2CN(c3cccc(C(=O)OC)c3-n3cccc3)C2)cc1. The average Bonchev–Trinajstić information content (AvgIpc) is 3.42. The van der Waals surface area contributed by atoms with Gasteiger partial charge in [0.2, 0.25) is 0 Å². The topological polar surface area (TPSA) is 67.8 Å². The predicted molar refractivity (Wildman–Crippen MR) is 148 cm³/mol. The number of nitrogens with zero attached hydrogens (tertiary/aromatic N) is 2. The van der Waals surface area contributed by atoms with E-state index in [-0.39, 0.29) is 12.1 Å². The molecule has 1 saturated heterocycles.